The van der Waals surface area contributed by atoms with Crippen LogP contribution in [0.15, 0.2) is 28.2 Å². The number of rotatable bonds is 4. The van der Waals surface area contributed by atoms with Gasteiger partial charge in [0, 0.05) is 6.54 Å². The third-order valence-electron chi connectivity index (χ3n) is 7.55. The van der Waals surface area contributed by atoms with Gasteiger partial charge in [-0.05, 0) is 37.8 Å². The number of hydrogen-bond acceptors (Lipinski definition) is 6. The van der Waals surface area contributed by atoms with E-state index in [1.807, 2.05) is 6.08 Å². The van der Waals surface area contributed by atoms with E-state index in [1.165, 1.54) is 4.90 Å². The molecule has 8 nitrogen and oxygen atoms in total. The number of halogens is 3. The van der Waals surface area contributed by atoms with Gasteiger partial charge in [-0.25, -0.2) is 0 Å². The van der Waals surface area contributed by atoms with Gasteiger partial charge in [-0.15, -0.1) is 23.2 Å². The summed E-state index contributed by atoms with van der Waals surface area (Å²) in [6.45, 7) is 1.64. The van der Waals surface area contributed by atoms with E-state index < -0.39 is 45.2 Å². The van der Waals surface area contributed by atoms with Crippen molar-refractivity contribution >= 4 is 62.8 Å². The molecule has 1 aromatic heterocycles. The largest absolute Gasteiger partial charge is 0.463 e. The number of furan rings is 1. The summed E-state index contributed by atoms with van der Waals surface area (Å²) in [7, 11) is 0. The van der Waals surface area contributed by atoms with Crippen LogP contribution in [0.3, 0.4) is 0 Å². The van der Waals surface area contributed by atoms with E-state index in [4.69, 9.17) is 27.6 Å². The number of fused-ring (bicyclic) bond motifs is 4. The van der Waals surface area contributed by atoms with Crippen LogP contribution in [0.5, 0.6) is 0 Å². The summed E-state index contributed by atoms with van der Waals surface area (Å²) in [5.74, 6) is -4.05. The standard InChI is InChI=1S/C22H21BrCl2N2O6/c1-2-26-17(29)12-5-4-11-13(15(12)18(26)30)7-21(24)19(31)27(9-23)20(32)22(21,25)16(11)14-6-3-10(8-28)33-14/h3-4,6,12-13,15-16,28H,2,5,7-9H2,1H3/t12-,13+,15-,16+,21+,22-/m0/s1. The number of aliphatic hydroxyl groups excluding tert-OH is 1. The molecule has 0 radical (unpaired) electrons. The van der Waals surface area contributed by atoms with Crippen LogP contribution in [0.4, 0.5) is 0 Å². The van der Waals surface area contributed by atoms with Crippen LogP contribution in [0.2, 0.25) is 0 Å². The zero-order valence-corrected chi connectivity index (χ0v) is 20.7. The molecule has 4 aliphatic rings. The zero-order valence-electron chi connectivity index (χ0n) is 17.6. The van der Waals surface area contributed by atoms with E-state index in [2.05, 4.69) is 15.9 Å². The molecule has 33 heavy (non-hydrogen) atoms. The summed E-state index contributed by atoms with van der Waals surface area (Å²) in [5, 5.41) is 9.51. The number of carbonyl (C=O) groups is 4. The van der Waals surface area contributed by atoms with Crippen molar-refractivity contribution in [3.8, 4) is 0 Å². The van der Waals surface area contributed by atoms with Crippen molar-refractivity contribution in [2.45, 2.75) is 42.0 Å². The molecule has 3 heterocycles. The van der Waals surface area contributed by atoms with Gasteiger partial charge in [0.25, 0.3) is 11.8 Å². The van der Waals surface area contributed by atoms with E-state index in [9.17, 15) is 24.3 Å². The lowest BCUT2D eigenvalue weighted by atomic mass is 9.57. The van der Waals surface area contributed by atoms with Crippen molar-refractivity contribution in [1.29, 1.82) is 0 Å². The number of carbonyl (C=O) groups excluding carboxylic acids is 4. The Hall–Kier alpha value is -1.68. The van der Waals surface area contributed by atoms with Gasteiger partial charge in [-0.1, -0.05) is 27.6 Å². The Bertz CT molecular complexity index is 1120. The normalized spacial score (nSPS) is 37.9. The topological polar surface area (TPSA) is 108 Å². The van der Waals surface area contributed by atoms with Crippen LogP contribution in [-0.4, -0.2) is 60.3 Å². The maximum absolute atomic E-state index is 13.5. The summed E-state index contributed by atoms with van der Waals surface area (Å²) >= 11 is 17.2. The second-order valence-electron chi connectivity index (χ2n) is 8.87. The smallest absolute Gasteiger partial charge is 0.254 e. The van der Waals surface area contributed by atoms with Crippen molar-refractivity contribution < 1.29 is 28.7 Å². The zero-order chi connectivity index (χ0) is 23.9. The van der Waals surface area contributed by atoms with Crippen LogP contribution in [0.1, 0.15) is 37.2 Å². The highest BCUT2D eigenvalue weighted by molar-refractivity contribution is 9.09. The van der Waals surface area contributed by atoms with Crippen LogP contribution >= 0.6 is 39.1 Å². The Morgan fingerprint density at radius 3 is 2.45 bits per heavy atom. The molecule has 2 aliphatic heterocycles. The monoisotopic (exact) mass is 558 g/mol. The van der Waals surface area contributed by atoms with Crippen LogP contribution in [0, 0.1) is 17.8 Å². The molecule has 11 heteroatoms. The molecular weight excluding hydrogens is 539 g/mol. The molecule has 176 valence electrons. The lowest BCUT2D eigenvalue weighted by Crippen LogP contribution is -2.60. The van der Waals surface area contributed by atoms with E-state index in [-0.39, 0.29) is 48.4 Å². The fourth-order valence-electron chi connectivity index (χ4n) is 6.08. The van der Waals surface area contributed by atoms with Crippen LogP contribution < -0.4 is 0 Å². The first-order chi connectivity index (χ1) is 15.6. The summed E-state index contributed by atoms with van der Waals surface area (Å²) in [6, 6.07) is 3.16. The first-order valence-electron chi connectivity index (χ1n) is 10.7. The molecule has 1 saturated carbocycles. The maximum atomic E-state index is 13.5. The number of likely N-dealkylation sites (tertiary alicyclic amines) is 2. The molecule has 2 aliphatic carbocycles. The summed E-state index contributed by atoms with van der Waals surface area (Å²) in [5.41, 5.74) is 0.579. The molecule has 1 aromatic rings. The predicted octanol–water partition coefficient (Wildman–Crippen LogP) is 2.50. The SMILES string of the molecule is CCN1C(=O)[C@H]2[C@H](CC=C3[C@H]2C[C@@]2(Cl)C(=O)N(CBr)C(=O)[C@@]2(Cl)[C@H]3c2ccc(CO)o2)C1=O. The molecule has 0 aromatic carbocycles. The Balaban J connectivity index is 1.72. The van der Waals surface area contributed by atoms with Gasteiger partial charge in [-0.3, -0.25) is 29.0 Å². The van der Waals surface area contributed by atoms with Gasteiger partial charge in [0.1, 0.15) is 18.1 Å². The van der Waals surface area contributed by atoms with E-state index in [1.54, 1.807) is 19.1 Å². The summed E-state index contributed by atoms with van der Waals surface area (Å²) in [4.78, 5) is 51.5. The third-order valence-corrected chi connectivity index (χ3v) is 9.46. The Morgan fingerprint density at radius 1 is 1.12 bits per heavy atom. The summed E-state index contributed by atoms with van der Waals surface area (Å²) in [6.07, 6.45) is 2.10. The fraction of sp³-hybridized carbons (Fsp3) is 0.545. The molecule has 1 N–H and O–H groups in total. The lowest BCUT2D eigenvalue weighted by Gasteiger charge is -2.49. The minimum Gasteiger partial charge on any atom is -0.463 e. The maximum Gasteiger partial charge on any atom is 0.254 e. The molecule has 0 spiro atoms. The Kier molecular flexibility index (Phi) is 5.36. The molecule has 3 fully saturated rings. The van der Waals surface area contributed by atoms with Crippen molar-refractivity contribution in [3.05, 3.63) is 35.3 Å². The van der Waals surface area contributed by atoms with E-state index in [0.717, 1.165) is 4.90 Å². The Morgan fingerprint density at radius 2 is 1.85 bits per heavy atom. The number of hydrogen-bond donors (Lipinski definition) is 1. The second kappa shape index (κ2) is 7.66. The molecule has 0 bridgehead atoms. The van der Waals surface area contributed by atoms with Gasteiger partial charge in [0.2, 0.25) is 11.8 Å². The van der Waals surface area contributed by atoms with Crippen molar-refractivity contribution in [2.24, 2.45) is 17.8 Å². The molecule has 5 rings (SSSR count). The van der Waals surface area contributed by atoms with Crippen molar-refractivity contribution in [3.63, 3.8) is 0 Å². The van der Waals surface area contributed by atoms with Crippen molar-refractivity contribution in [2.75, 3.05) is 12.0 Å². The van der Waals surface area contributed by atoms with Gasteiger partial charge in [-0.2, -0.15) is 0 Å². The van der Waals surface area contributed by atoms with Gasteiger partial charge in [0.15, 0.2) is 9.75 Å². The van der Waals surface area contributed by atoms with Crippen LogP contribution in [-0.2, 0) is 25.8 Å². The fourth-order valence-corrected chi connectivity index (χ4v) is 7.48. The first kappa shape index (κ1) is 23.1. The van der Waals surface area contributed by atoms with Gasteiger partial charge in [0.05, 0.1) is 23.2 Å². The molecule has 4 amide bonds. The highest BCUT2D eigenvalue weighted by Crippen LogP contribution is 2.65. The van der Waals surface area contributed by atoms with E-state index >= 15 is 0 Å². The first-order valence-corrected chi connectivity index (χ1v) is 12.6. The number of allylic oxidation sites excluding steroid dienone is 2. The average Bonchev–Trinajstić information content (AvgIpc) is 3.40. The highest BCUT2D eigenvalue weighted by atomic mass is 79.9. The number of alkyl halides is 3. The minimum absolute atomic E-state index is 0.0558. The lowest BCUT2D eigenvalue weighted by molar-refractivity contribution is -0.141. The predicted molar refractivity (Wildman–Crippen MR) is 120 cm³/mol. The number of amides is 4. The van der Waals surface area contributed by atoms with Crippen molar-refractivity contribution in [1.82, 2.24) is 9.80 Å². The third kappa shape index (κ3) is 2.73. The van der Waals surface area contributed by atoms with Gasteiger partial charge < -0.3 is 9.52 Å². The van der Waals surface area contributed by atoms with Crippen LogP contribution in [0.25, 0.3) is 0 Å². The highest BCUT2D eigenvalue weighted by Gasteiger charge is 2.76. The number of nitrogens with zero attached hydrogens (tertiary/aromatic N) is 2. The molecule has 6 atom stereocenters. The number of aliphatic hydroxyl groups is 1. The molecular formula is C22H21BrCl2N2O6. The van der Waals surface area contributed by atoms with Gasteiger partial charge >= 0.3 is 0 Å². The minimum atomic E-state index is -1.89. The molecule has 2 saturated heterocycles. The summed E-state index contributed by atoms with van der Waals surface area (Å²) < 4.78 is 5.80. The second-order valence-corrected chi connectivity index (χ2v) is 10.6. The Labute approximate surface area is 208 Å². The quantitative estimate of drug-likeness (QED) is 0.263. The number of imide groups is 2. The average molecular weight is 560 g/mol. The molecule has 0 unspecified atom stereocenters. The van der Waals surface area contributed by atoms with E-state index in [0.29, 0.717) is 12.0 Å².